The Hall–Kier alpha value is -3.59. The van der Waals surface area contributed by atoms with E-state index in [0.29, 0.717) is 19.4 Å². The fourth-order valence-corrected chi connectivity index (χ4v) is 5.46. The minimum atomic E-state index is -2.87. The molecule has 1 aromatic carbocycles. The van der Waals surface area contributed by atoms with Gasteiger partial charge in [-0.15, -0.1) is 0 Å². The fourth-order valence-electron chi connectivity index (χ4n) is 5.30. The van der Waals surface area contributed by atoms with Gasteiger partial charge in [0, 0.05) is 30.7 Å². The van der Waals surface area contributed by atoms with Crippen LogP contribution in [-0.2, 0) is 6.54 Å². The van der Waals surface area contributed by atoms with Crippen LogP contribution in [0, 0.1) is 19.8 Å². The number of nitrogens with one attached hydrogen (secondary N) is 1. The Balaban J connectivity index is 1.32. The van der Waals surface area contributed by atoms with Crippen LogP contribution < -0.4 is 11.0 Å². The Kier molecular flexibility index (Phi) is 7.29. The molecule has 4 aromatic rings. The summed E-state index contributed by atoms with van der Waals surface area (Å²) in [6.45, 7) is 4.46. The monoisotopic (exact) mass is 539 g/mol. The van der Waals surface area contributed by atoms with Gasteiger partial charge in [0.15, 0.2) is 0 Å². The highest BCUT2D eigenvalue weighted by atomic mass is 35.5. The second-order valence-electron chi connectivity index (χ2n) is 9.84. The van der Waals surface area contributed by atoms with Gasteiger partial charge in [0.05, 0.1) is 27.3 Å². The number of halogens is 3. The predicted molar refractivity (Wildman–Crippen MR) is 142 cm³/mol. The van der Waals surface area contributed by atoms with Crippen molar-refractivity contribution in [3.63, 3.8) is 0 Å². The molecule has 38 heavy (non-hydrogen) atoms. The van der Waals surface area contributed by atoms with Gasteiger partial charge in [-0.2, -0.15) is 0 Å². The van der Waals surface area contributed by atoms with E-state index in [1.54, 1.807) is 10.8 Å². The SMILES string of the molecule is Cc1nccc(-n2c(=O)n(C[C@H]3CC[C@H](NC(=O)c4cc(Cl)cnc4C(F)F)CC3)c3ccccc32)c1C. The number of amides is 1. The topological polar surface area (TPSA) is 81.8 Å². The number of carbonyl (C=O) groups is 1. The smallest absolute Gasteiger partial charge is 0.333 e. The van der Waals surface area contributed by atoms with Gasteiger partial charge in [-0.1, -0.05) is 23.7 Å². The van der Waals surface area contributed by atoms with Gasteiger partial charge in [-0.25, -0.2) is 13.6 Å². The van der Waals surface area contributed by atoms with Gasteiger partial charge in [0.2, 0.25) is 0 Å². The van der Waals surface area contributed by atoms with E-state index in [9.17, 15) is 18.4 Å². The first-order valence-electron chi connectivity index (χ1n) is 12.6. The van der Waals surface area contributed by atoms with E-state index in [1.807, 2.05) is 48.7 Å². The molecule has 0 atom stereocenters. The van der Waals surface area contributed by atoms with Crippen LogP contribution >= 0.6 is 11.6 Å². The number of rotatable bonds is 6. The molecule has 0 bridgehead atoms. The van der Waals surface area contributed by atoms with Crippen LogP contribution in [0.25, 0.3) is 16.7 Å². The predicted octanol–water partition coefficient (Wildman–Crippen LogP) is 5.78. The Morgan fingerprint density at radius 1 is 1.11 bits per heavy atom. The number of para-hydroxylation sites is 2. The van der Waals surface area contributed by atoms with Gasteiger partial charge in [0.25, 0.3) is 12.3 Å². The van der Waals surface area contributed by atoms with E-state index in [1.165, 1.54) is 6.07 Å². The normalized spacial score (nSPS) is 17.7. The molecule has 5 rings (SSSR count). The highest BCUT2D eigenvalue weighted by Crippen LogP contribution is 2.29. The van der Waals surface area contributed by atoms with Gasteiger partial charge in [-0.05, 0) is 75.3 Å². The zero-order valence-electron chi connectivity index (χ0n) is 21.1. The number of aromatic nitrogens is 4. The van der Waals surface area contributed by atoms with Crippen molar-refractivity contribution >= 4 is 28.5 Å². The van der Waals surface area contributed by atoms with Crippen molar-refractivity contribution in [1.29, 1.82) is 0 Å². The largest absolute Gasteiger partial charge is 0.349 e. The van der Waals surface area contributed by atoms with Crippen LogP contribution in [0.3, 0.4) is 0 Å². The van der Waals surface area contributed by atoms with Crippen LogP contribution in [0.2, 0.25) is 5.02 Å². The van der Waals surface area contributed by atoms with Crippen LogP contribution in [0.15, 0.2) is 53.6 Å². The van der Waals surface area contributed by atoms with Crippen molar-refractivity contribution in [2.45, 2.75) is 58.5 Å². The number of hydrogen-bond donors (Lipinski definition) is 1. The fraction of sp³-hybridized carbons (Fsp3) is 0.357. The number of imidazole rings is 1. The second-order valence-corrected chi connectivity index (χ2v) is 10.3. The zero-order valence-corrected chi connectivity index (χ0v) is 21.9. The number of pyridine rings is 2. The Morgan fingerprint density at radius 3 is 2.53 bits per heavy atom. The molecule has 0 spiro atoms. The van der Waals surface area contributed by atoms with E-state index in [4.69, 9.17) is 11.6 Å². The lowest BCUT2D eigenvalue weighted by atomic mass is 9.85. The second kappa shape index (κ2) is 10.6. The maximum Gasteiger partial charge on any atom is 0.333 e. The average molecular weight is 540 g/mol. The lowest BCUT2D eigenvalue weighted by Crippen LogP contribution is -2.39. The summed E-state index contributed by atoms with van der Waals surface area (Å²) in [5.41, 5.74) is 3.50. The summed E-state index contributed by atoms with van der Waals surface area (Å²) in [4.78, 5) is 34.4. The van der Waals surface area contributed by atoms with Crippen LogP contribution in [0.1, 0.15) is 59.4 Å². The zero-order chi connectivity index (χ0) is 27.0. The van der Waals surface area contributed by atoms with Crippen LogP contribution in [0.4, 0.5) is 8.78 Å². The maximum atomic E-state index is 13.7. The van der Waals surface area contributed by atoms with Crippen LogP contribution in [0.5, 0.6) is 0 Å². The number of fused-ring (bicyclic) bond motifs is 1. The number of carbonyl (C=O) groups excluding carboxylic acids is 1. The molecule has 1 fully saturated rings. The number of hydrogen-bond acceptors (Lipinski definition) is 4. The van der Waals surface area contributed by atoms with Crippen molar-refractivity contribution in [2.24, 2.45) is 5.92 Å². The Morgan fingerprint density at radius 2 is 1.82 bits per heavy atom. The molecule has 1 amide bonds. The summed E-state index contributed by atoms with van der Waals surface area (Å²) in [5, 5.41) is 3.00. The number of benzene rings is 1. The van der Waals surface area contributed by atoms with Crippen molar-refractivity contribution < 1.29 is 13.6 Å². The summed E-state index contributed by atoms with van der Waals surface area (Å²) in [6.07, 6.45) is 2.91. The minimum absolute atomic E-state index is 0.0942. The van der Waals surface area contributed by atoms with E-state index < -0.39 is 18.0 Å². The first-order chi connectivity index (χ1) is 18.2. The van der Waals surface area contributed by atoms with E-state index in [-0.39, 0.29) is 28.2 Å². The molecule has 198 valence electrons. The summed E-state index contributed by atoms with van der Waals surface area (Å²) >= 11 is 5.90. The highest BCUT2D eigenvalue weighted by molar-refractivity contribution is 6.30. The van der Waals surface area contributed by atoms with E-state index in [0.717, 1.165) is 47.0 Å². The van der Waals surface area contributed by atoms with Gasteiger partial charge >= 0.3 is 5.69 Å². The Bertz CT molecular complexity index is 1560. The minimum Gasteiger partial charge on any atom is -0.349 e. The van der Waals surface area contributed by atoms with Crippen molar-refractivity contribution in [1.82, 2.24) is 24.4 Å². The van der Waals surface area contributed by atoms with Gasteiger partial charge < -0.3 is 5.32 Å². The van der Waals surface area contributed by atoms with E-state index in [2.05, 4.69) is 15.3 Å². The number of alkyl halides is 2. The molecule has 1 aliphatic carbocycles. The molecule has 0 radical (unpaired) electrons. The quantitative estimate of drug-likeness (QED) is 0.337. The molecule has 1 aliphatic rings. The van der Waals surface area contributed by atoms with Crippen LogP contribution in [-0.4, -0.2) is 31.1 Å². The molecule has 0 unspecified atom stereocenters. The molecule has 1 saturated carbocycles. The third kappa shape index (κ3) is 4.95. The van der Waals surface area contributed by atoms with Gasteiger partial charge in [-0.3, -0.25) is 23.9 Å². The molecule has 10 heteroatoms. The summed E-state index contributed by atoms with van der Waals surface area (Å²) in [5.74, 6) is -0.356. The van der Waals surface area contributed by atoms with Crippen molar-refractivity contribution in [3.8, 4) is 5.69 Å². The summed E-state index contributed by atoms with van der Waals surface area (Å²) in [6, 6.07) is 10.7. The third-order valence-electron chi connectivity index (χ3n) is 7.46. The average Bonchev–Trinajstić information content (AvgIpc) is 3.17. The molecule has 0 saturated heterocycles. The molecule has 3 heterocycles. The lowest BCUT2D eigenvalue weighted by molar-refractivity contribution is 0.0904. The summed E-state index contributed by atoms with van der Waals surface area (Å²) < 4.78 is 30.3. The molecule has 3 aromatic heterocycles. The number of aryl methyl sites for hydroxylation is 1. The van der Waals surface area contributed by atoms with E-state index >= 15 is 0 Å². The lowest BCUT2D eigenvalue weighted by Gasteiger charge is -2.29. The standard InChI is InChI=1S/C28H28ClF2N5O2/c1-16-17(2)32-12-11-22(16)36-24-6-4-3-5-23(24)35(28(36)38)15-18-7-9-20(10-8-18)34-27(37)21-13-19(29)14-33-25(21)26(30)31/h3-6,11-14,18,20,26H,7-10,15H2,1-2H3,(H,34,37)/t18-,20-. The Labute approximate surface area is 223 Å². The third-order valence-corrected chi connectivity index (χ3v) is 7.67. The molecule has 7 nitrogen and oxygen atoms in total. The first kappa shape index (κ1) is 26.0. The number of nitrogens with zero attached hydrogens (tertiary/aromatic N) is 4. The molecule has 1 N–H and O–H groups in total. The maximum absolute atomic E-state index is 13.7. The molecule has 0 aliphatic heterocycles. The van der Waals surface area contributed by atoms with Gasteiger partial charge in [0.1, 0.15) is 5.69 Å². The summed E-state index contributed by atoms with van der Waals surface area (Å²) in [7, 11) is 0. The molecular weight excluding hydrogens is 512 g/mol. The van der Waals surface area contributed by atoms with Crippen molar-refractivity contribution in [2.75, 3.05) is 0 Å². The van der Waals surface area contributed by atoms with Crippen molar-refractivity contribution in [3.05, 3.63) is 86.8 Å². The first-order valence-corrected chi connectivity index (χ1v) is 13.0. The molecular formula is C28H28ClF2N5O2. The highest BCUT2D eigenvalue weighted by Gasteiger charge is 2.27.